The number of unbranched alkanes of at least 4 members (excludes halogenated alkanes) is 2. The molecule has 0 spiro atoms. The molecule has 1 aliphatic heterocycles. The summed E-state index contributed by atoms with van der Waals surface area (Å²) in [6, 6.07) is 0. The largest absolute Gasteiger partial charge is 0.332 e. The molecule has 0 saturated carbocycles. The molecule has 1 heterocycles. The minimum absolute atomic E-state index is 0.349. The number of carbonyl (C=O) groups is 2. The highest BCUT2D eigenvalue weighted by atomic mass is 16.2. The third-order valence-corrected chi connectivity index (χ3v) is 2.12. The average Bonchev–Trinajstić information content (AvgIpc) is 2.13. The van der Waals surface area contributed by atoms with Crippen molar-refractivity contribution in [3.8, 4) is 0 Å². The molecular formula is C10H15NO2. The highest BCUT2D eigenvalue weighted by Gasteiger charge is 2.21. The minimum Gasteiger partial charge on any atom is -0.332 e. The van der Waals surface area contributed by atoms with E-state index in [1.165, 1.54) is 6.08 Å². The maximum absolute atomic E-state index is 11.2. The highest BCUT2D eigenvalue weighted by molar-refractivity contribution is 6.41. The van der Waals surface area contributed by atoms with Crippen LogP contribution in [-0.4, -0.2) is 29.7 Å². The monoisotopic (exact) mass is 181 g/mol. The fraction of sp³-hybridized carbons (Fsp3) is 0.600. The number of rotatable bonds is 4. The van der Waals surface area contributed by atoms with Crippen LogP contribution in [0.1, 0.15) is 26.2 Å². The Morgan fingerprint density at radius 1 is 1.38 bits per heavy atom. The molecule has 0 aromatic carbocycles. The van der Waals surface area contributed by atoms with Crippen LogP contribution >= 0.6 is 0 Å². The van der Waals surface area contributed by atoms with Crippen LogP contribution in [0.4, 0.5) is 0 Å². The third-order valence-electron chi connectivity index (χ3n) is 2.12. The van der Waals surface area contributed by atoms with Crippen molar-refractivity contribution in [2.75, 3.05) is 13.1 Å². The smallest absolute Gasteiger partial charge is 0.294 e. The Bertz CT molecular complexity index is 233. The summed E-state index contributed by atoms with van der Waals surface area (Å²) in [6.45, 7) is 3.42. The number of carbonyl (C=O) groups excluding carboxylic acids is 2. The van der Waals surface area contributed by atoms with Crippen molar-refractivity contribution >= 4 is 11.7 Å². The topological polar surface area (TPSA) is 37.4 Å². The molecule has 13 heavy (non-hydrogen) atoms. The van der Waals surface area contributed by atoms with E-state index in [1.807, 2.05) is 0 Å². The zero-order valence-electron chi connectivity index (χ0n) is 7.95. The first-order chi connectivity index (χ1) is 6.25. The highest BCUT2D eigenvalue weighted by Crippen LogP contribution is 2.03. The van der Waals surface area contributed by atoms with Gasteiger partial charge in [-0.1, -0.05) is 25.8 Å². The number of nitrogens with zero attached hydrogens (tertiary/aromatic N) is 1. The minimum atomic E-state index is -0.386. The summed E-state index contributed by atoms with van der Waals surface area (Å²) in [7, 11) is 0. The molecule has 0 atom stereocenters. The first-order valence-electron chi connectivity index (χ1n) is 4.75. The summed E-state index contributed by atoms with van der Waals surface area (Å²) in [5, 5.41) is 0. The first kappa shape index (κ1) is 9.96. The Balaban J connectivity index is 2.38. The predicted octanol–water partition coefficient (Wildman–Crippen LogP) is 1.14. The van der Waals surface area contributed by atoms with Crippen LogP contribution in [0.5, 0.6) is 0 Å². The Hall–Kier alpha value is -1.12. The molecule has 3 nitrogen and oxygen atoms in total. The lowest BCUT2D eigenvalue weighted by Gasteiger charge is -2.21. The Morgan fingerprint density at radius 2 is 2.15 bits per heavy atom. The van der Waals surface area contributed by atoms with Crippen LogP contribution in [0.15, 0.2) is 12.2 Å². The molecule has 1 amide bonds. The van der Waals surface area contributed by atoms with Gasteiger partial charge in [0.25, 0.3) is 5.91 Å². The van der Waals surface area contributed by atoms with Crippen molar-refractivity contribution in [1.82, 2.24) is 4.90 Å². The molecule has 1 aliphatic rings. The van der Waals surface area contributed by atoms with Gasteiger partial charge in [-0.15, -0.1) is 0 Å². The summed E-state index contributed by atoms with van der Waals surface area (Å²) in [5.41, 5.74) is 0. The fourth-order valence-electron chi connectivity index (χ4n) is 1.34. The first-order valence-corrected chi connectivity index (χ1v) is 4.75. The van der Waals surface area contributed by atoms with Crippen molar-refractivity contribution < 1.29 is 9.59 Å². The molecule has 0 radical (unpaired) electrons. The molecule has 0 bridgehead atoms. The van der Waals surface area contributed by atoms with Crippen LogP contribution in [-0.2, 0) is 9.59 Å². The van der Waals surface area contributed by atoms with E-state index < -0.39 is 0 Å². The lowest BCUT2D eigenvalue weighted by molar-refractivity contribution is -0.142. The second kappa shape index (κ2) is 4.80. The number of amides is 1. The van der Waals surface area contributed by atoms with E-state index in [0.717, 1.165) is 19.3 Å². The van der Waals surface area contributed by atoms with E-state index in [4.69, 9.17) is 0 Å². The SMILES string of the molecule is CCCCCN1CC=CC(=O)C1=O. The molecule has 0 fully saturated rings. The zero-order chi connectivity index (χ0) is 9.68. The van der Waals surface area contributed by atoms with Crippen molar-refractivity contribution in [3.05, 3.63) is 12.2 Å². The Kier molecular flexibility index (Phi) is 3.68. The summed E-state index contributed by atoms with van der Waals surface area (Å²) in [4.78, 5) is 23.8. The lowest BCUT2D eigenvalue weighted by Crippen LogP contribution is -2.39. The number of hydrogen-bond acceptors (Lipinski definition) is 2. The van der Waals surface area contributed by atoms with Gasteiger partial charge in [-0.3, -0.25) is 9.59 Å². The van der Waals surface area contributed by atoms with Gasteiger partial charge in [0.2, 0.25) is 5.78 Å². The van der Waals surface area contributed by atoms with Crippen molar-refractivity contribution in [3.63, 3.8) is 0 Å². The average molecular weight is 181 g/mol. The quantitative estimate of drug-likeness (QED) is 0.482. The van der Waals surface area contributed by atoms with Gasteiger partial charge in [0.15, 0.2) is 0 Å². The molecular weight excluding hydrogens is 166 g/mol. The molecule has 3 heteroatoms. The fourth-order valence-corrected chi connectivity index (χ4v) is 1.34. The molecule has 72 valence electrons. The lowest BCUT2D eigenvalue weighted by atomic mass is 10.2. The molecule has 0 aromatic heterocycles. The molecule has 0 unspecified atom stereocenters. The van der Waals surface area contributed by atoms with Gasteiger partial charge in [-0.05, 0) is 12.5 Å². The standard InChI is InChI=1S/C10H15NO2/c1-2-3-4-7-11-8-5-6-9(12)10(11)13/h5-6H,2-4,7-8H2,1H3. The van der Waals surface area contributed by atoms with Crippen LogP contribution in [0.25, 0.3) is 0 Å². The van der Waals surface area contributed by atoms with Crippen molar-refractivity contribution in [1.29, 1.82) is 0 Å². The Morgan fingerprint density at radius 3 is 2.85 bits per heavy atom. The van der Waals surface area contributed by atoms with Gasteiger partial charge in [-0.2, -0.15) is 0 Å². The molecule has 0 saturated heterocycles. The summed E-state index contributed by atoms with van der Waals surface area (Å²) in [5.74, 6) is -0.735. The van der Waals surface area contributed by atoms with E-state index in [1.54, 1.807) is 11.0 Å². The molecule has 1 rings (SSSR count). The zero-order valence-corrected chi connectivity index (χ0v) is 7.95. The van der Waals surface area contributed by atoms with E-state index in [2.05, 4.69) is 6.92 Å². The van der Waals surface area contributed by atoms with Gasteiger partial charge in [0, 0.05) is 13.1 Å². The van der Waals surface area contributed by atoms with Gasteiger partial charge in [0.1, 0.15) is 0 Å². The van der Waals surface area contributed by atoms with Gasteiger partial charge in [0.05, 0.1) is 0 Å². The molecule has 0 N–H and O–H groups in total. The van der Waals surface area contributed by atoms with E-state index in [9.17, 15) is 9.59 Å². The van der Waals surface area contributed by atoms with E-state index >= 15 is 0 Å². The van der Waals surface area contributed by atoms with Gasteiger partial charge >= 0.3 is 0 Å². The summed E-state index contributed by atoms with van der Waals surface area (Å²) >= 11 is 0. The summed E-state index contributed by atoms with van der Waals surface area (Å²) < 4.78 is 0. The van der Waals surface area contributed by atoms with Crippen molar-refractivity contribution in [2.45, 2.75) is 26.2 Å². The number of ketones is 1. The van der Waals surface area contributed by atoms with Gasteiger partial charge < -0.3 is 4.90 Å². The summed E-state index contributed by atoms with van der Waals surface area (Å²) in [6.07, 6.45) is 6.34. The Labute approximate surface area is 78.4 Å². The van der Waals surface area contributed by atoms with Crippen LogP contribution in [0.2, 0.25) is 0 Å². The van der Waals surface area contributed by atoms with E-state index in [-0.39, 0.29) is 11.7 Å². The second-order valence-corrected chi connectivity index (χ2v) is 3.22. The normalized spacial score (nSPS) is 16.8. The second-order valence-electron chi connectivity index (χ2n) is 3.22. The number of hydrogen-bond donors (Lipinski definition) is 0. The van der Waals surface area contributed by atoms with Crippen LogP contribution < -0.4 is 0 Å². The van der Waals surface area contributed by atoms with Crippen LogP contribution in [0.3, 0.4) is 0 Å². The predicted molar refractivity (Wildman–Crippen MR) is 50.3 cm³/mol. The molecule has 0 aliphatic carbocycles. The third kappa shape index (κ3) is 2.68. The van der Waals surface area contributed by atoms with Crippen molar-refractivity contribution in [2.24, 2.45) is 0 Å². The maximum atomic E-state index is 11.2. The molecule has 0 aromatic rings. The van der Waals surface area contributed by atoms with E-state index in [0.29, 0.717) is 13.1 Å². The van der Waals surface area contributed by atoms with Crippen LogP contribution in [0, 0.1) is 0 Å². The van der Waals surface area contributed by atoms with Gasteiger partial charge in [-0.25, -0.2) is 0 Å². The maximum Gasteiger partial charge on any atom is 0.294 e.